The summed E-state index contributed by atoms with van der Waals surface area (Å²) >= 11 is 2.46. The second-order valence-electron chi connectivity index (χ2n) is 8.37. The molecule has 8 rings (SSSR count). The maximum Gasteiger partial charge on any atom is 0.0646 e. The highest BCUT2D eigenvalue weighted by molar-refractivity contribution is 14.1. The summed E-state index contributed by atoms with van der Waals surface area (Å²) in [5.74, 6) is 0. The Labute approximate surface area is 191 Å². The van der Waals surface area contributed by atoms with E-state index in [1.807, 2.05) is 0 Å². The summed E-state index contributed by atoms with van der Waals surface area (Å²) in [6.45, 7) is 0. The van der Waals surface area contributed by atoms with Crippen LogP contribution in [0.15, 0.2) is 91.0 Å². The molecule has 3 aromatic heterocycles. The van der Waals surface area contributed by atoms with Crippen LogP contribution in [0.3, 0.4) is 0 Å². The van der Waals surface area contributed by atoms with Crippen molar-refractivity contribution < 1.29 is 0 Å². The predicted octanol–water partition coefficient (Wildman–Crippen LogP) is 8.30. The molecule has 0 atom stereocenters. The second-order valence-corrected chi connectivity index (χ2v) is 9.33. The number of para-hydroxylation sites is 1. The number of nitrogens with zero attached hydrogens (tertiary/aromatic N) is 2. The molecular weight excluding hydrogens is 491 g/mol. The van der Waals surface area contributed by atoms with Gasteiger partial charge in [-0.15, -0.1) is 0 Å². The highest BCUT2D eigenvalue weighted by Gasteiger charge is 2.22. The van der Waals surface area contributed by atoms with Gasteiger partial charge in [0.1, 0.15) is 0 Å². The molecule has 0 spiro atoms. The van der Waals surface area contributed by atoms with Gasteiger partial charge in [0.2, 0.25) is 0 Å². The maximum absolute atomic E-state index is 2.50. The molecule has 2 nitrogen and oxygen atoms in total. The lowest BCUT2D eigenvalue weighted by molar-refractivity contribution is 1.36. The van der Waals surface area contributed by atoms with Gasteiger partial charge in [-0.05, 0) is 40.4 Å². The maximum atomic E-state index is 2.50. The van der Waals surface area contributed by atoms with Gasteiger partial charge in [-0.2, -0.15) is 0 Å². The van der Waals surface area contributed by atoms with Crippen molar-refractivity contribution in [2.45, 2.75) is 0 Å². The molecule has 0 aliphatic carbocycles. The summed E-state index contributed by atoms with van der Waals surface area (Å²) in [5.41, 5.74) is 6.40. The number of hydrogen-bond donors (Lipinski definition) is 0. The minimum absolute atomic E-state index is 1.26. The van der Waals surface area contributed by atoms with Crippen LogP contribution in [0.2, 0.25) is 0 Å². The summed E-state index contributed by atoms with van der Waals surface area (Å²) in [6, 6.07) is 33.5. The second kappa shape index (κ2) is 5.48. The first-order chi connectivity index (χ1) is 15.3. The number of benzene rings is 5. The first-order valence-electron chi connectivity index (χ1n) is 10.5. The zero-order valence-corrected chi connectivity index (χ0v) is 18.6. The van der Waals surface area contributed by atoms with Gasteiger partial charge in [-0.3, -0.25) is 2.78 Å². The molecule has 0 aliphatic rings. The average Bonchev–Trinajstić information content (AvgIpc) is 3.26. The number of fused-ring (bicyclic) bond motifs is 8. The van der Waals surface area contributed by atoms with Crippen molar-refractivity contribution in [3.05, 3.63) is 91.0 Å². The lowest BCUT2D eigenvalue weighted by Crippen LogP contribution is -1.87. The SMILES string of the molecule is In1c2cccc3c2c2c1ccc1c4ccccc4n(c4ccc5ccccc5c34)c12. The van der Waals surface area contributed by atoms with E-state index in [4.69, 9.17) is 0 Å². The minimum Gasteiger partial charge on any atom is -0.308 e. The van der Waals surface area contributed by atoms with Crippen LogP contribution < -0.4 is 0 Å². The molecule has 0 aliphatic heterocycles. The molecule has 0 fully saturated rings. The third kappa shape index (κ3) is 1.81. The first-order valence-corrected chi connectivity index (χ1v) is 11.5. The van der Waals surface area contributed by atoms with Crippen molar-refractivity contribution in [1.82, 2.24) is 7.18 Å². The van der Waals surface area contributed by atoms with E-state index in [1.54, 1.807) is 0 Å². The fraction of sp³-hybridized carbons (Fsp3) is 0. The Morgan fingerprint density at radius 3 is 2.10 bits per heavy atom. The van der Waals surface area contributed by atoms with E-state index in [0.717, 1.165) is 0 Å². The molecule has 0 saturated heterocycles. The monoisotopic (exact) mass is 506 g/mol. The quantitative estimate of drug-likeness (QED) is 0.183. The third-order valence-corrected chi connectivity index (χ3v) is 7.99. The Balaban J connectivity index is 1.93. The summed E-state index contributed by atoms with van der Waals surface area (Å²) in [4.78, 5) is 0. The van der Waals surface area contributed by atoms with Crippen LogP contribution >= 0.6 is 22.9 Å². The van der Waals surface area contributed by atoms with Gasteiger partial charge in [0.15, 0.2) is 0 Å². The first kappa shape index (κ1) is 16.4. The number of halogens is 1. The lowest BCUT2D eigenvalue weighted by Gasteiger charge is -2.07. The summed E-state index contributed by atoms with van der Waals surface area (Å²) < 4.78 is 4.83. The summed E-state index contributed by atoms with van der Waals surface area (Å²) in [7, 11) is 0. The molecule has 3 heteroatoms. The molecular formula is C28H15IN2. The highest BCUT2D eigenvalue weighted by Crippen LogP contribution is 2.45. The smallest absolute Gasteiger partial charge is 0.0646 e. The fourth-order valence-corrected chi connectivity index (χ4v) is 6.55. The molecule has 0 amide bonds. The Morgan fingerprint density at radius 2 is 1.16 bits per heavy atom. The van der Waals surface area contributed by atoms with Crippen LogP contribution in [0.4, 0.5) is 0 Å². The Morgan fingerprint density at radius 1 is 0.452 bits per heavy atom. The molecule has 144 valence electrons. The summed E-state index contributed by atoms with van der Waals surface area (Å²) in [6.07, 6.45) is 0. The third-order valence-electron chi connectivity index (χ3n) is 6.95. The van der Waals surface area contributed by atoms with Crippen molar-refractivity contribution in [1.29, 1.82) is 0 Å². The van der Waals surface area contributed by atoms with Gasteiger partial charge in [0.05, 0.1) is 50.4 Å². The van der Waals surface area contributed by atoms with Crippen molar-refractivity contribution in [3.8, 4) is 0 Å². The van der Waals surface area contributed by atoms with Crippen molar-refractivity contribution in [3.63, 3.8) is 0 Å². The molecule has 0 unspecified atom stereocenters. The van der Waals surface area contributed by atoms with Gasteiger partial charge in [-0.25, -0.2) is 0 Å². The zero-order chi connectivity index (χ0) is 20.3. The van der Waals surface area contributed by atoms with Crippen LogP contribution in [0.5, 0.6) is 0 Å². The van der Waals surface area contributed by atoms with E-state index in [9.17, 15) is 0 Å². The Hall–Kier alpha value is -3.31. The van der Waals surface area contributed by atoms with Crippen molar-refractivity contribution in [2.75, 3.05) is 0 Å². The standard InChI is InChI=1S/C28H15IN2/c29-31-23-11-5-9-20-25-17-7-2-1-6-16(17)12-14-22(25)30-21-10-4-3-8-18(21)19-13-15-24(31)27(26(20)23)28(19)30/h1-15H. The summed E-state index contributed by atoms with van der Waals surface area (Å²) in [5, 5.41) is 10.6. The minimum atomic E-state index is 1.26. The van der Waals surface area contributed by atoms with Crippen LogP contribution in [-0.4, -0.2) is 7.18 Å². The number of aromatic nitrogens is 2. The fourth-order valence-electron chi connectivity index (χ4n) is 5.74. The number of hydrogen-bond acceptors (Lipinski definition) is 0. The Kier molecular flexibility index (Phi) is 2.90. The molecule has 0 N–H and O–H groups in total. The van der Waals surface area contributed by atoms with Crippen LogP contribution in [-0.2, 0) is 0 Å². The van der Waals surface area contributed by atoms with Crippen LogP contribution in [0.25, 0.3) is 70.7 Å². The van der Waals surface area contributed by atoms with Crippen molar-refractivity contribution >= 4 is 93.5 Å². The molecule has 31 heavy (non-hydrogen) atoms. The van der Waals surface area contributed by atoms with E-state index >= 15 is 0 Å². The van der Waals surface area contributed by atoms with Crippen molar-refractivity contribution in [2.24, 2.45) is 0 Å². The van der Waals surface area contributed by atoms with Crippen LogP contribution in [0, 0.1) is 0 Å². The Bertz CT molecular complexity index is 2000. The molecule has 8 aromatic rings. The van der Waals surface area contributed by atoms with Gasteiger partial charge < -0.3 is 4.40 Å². The topological polar surface area (TPSA) is 9.34 Å². The average molecular weight is 506 g/mol. The lowest BCUT2D eigenvalue weighted by atomic mass is 10.00. The molecule has 3 heterocycles. The molecule has 0 radical (unpaired) electrons. The predicted molar refractivity (Wildman–Crippen MR) is 141 cm³/mol. The normalized spacial score (nSPS) is 12.7. The number of rotatable bonds is 0. The molecule has 5 aromatic carbocycles. The molecule has 0 saturated carbocycles. The van der Waals surface area contributed by atoms with Gasteiger partial charge in [-0.1, -0.05) is 66.7 Å². The van der Waals surface area contributed by atoms with E-state index in [1.165, 1.54) is 70.7 Å². The van der Waals surface area contributed by atoms with E-state index in [2.05, 4.69) is 121 Å². The van der Waals surface area contributed by atoms with Crippen LogP contribution in [0.1, 0.15) is 0 Å². The van der Waals surface area contributed by atoms with Gasteiger partial charge in [0.25, 0.3) is 0 Å². The van der Waals surface area contributed by atoms with E-state index in [0.29, 0.717) is 0 Å². The van der Waals surface area contributed by atoms with E-state index < -0.39 is 0 Å². The van der Waals surface area contributed by atoms with Gasteiger partial charge in [0, 0.05) is 26.9 Å². The van der Waals surface area contributed by atoms with Gasteiger partial charge >= 0.3 is 0 Å². The van der Waals surface area contributed by atoms with E-state index in [-0.39, 0.29) is 0 Å². The molecule has 0 bridgehead atoms. The highest BCUT2D eigenvalue weighted by atomic mass is 127. The largest absolute Gasteiger partial charge is 0.308 e. The zero-order valence-electron chi connectivity index (χ0n) is 16.4.